The molecule has 1 unspecified atom stereocenters. The van der Waals surface area contributed by atoms with Gasteiger partial charge in [0, 0.05) is 19.0 Å². The highest BCUT2D eigenvalue weighted by atomic mass is 35.5. The number of carbonyl (C=O) groups is 1. The lowest BCUT2D eigenvalue weighted by molar-refractivity contribution is -0.119. The normalized spacial score (nSPS) is 19.6. The fourth-order valence-corrected chi connectivity index (χ4v) is 1.88. The molecule has 16 heavy (non-hydrogen) atoms. The Morgan fingerprint density at radius 2 is 2.38 bits per heavy atom. The van der Waals surface area contributed by atoms with Gasteiger partial charge in [0.15, 0.2) is 5.82 Å². The smallest absolute Gasteiger partial charge is 0.220 e. The lowest BCUT2D eigenvalue weighted by Gasteiger charge is -2.13. The van der Waals surface area contributed by atoms with Crippen molar-refractivity contribution in [2.75, 3.05) is 11.9 Å². The third-order valence-corrected chi connectivity index (χ3v) is 2.87. The molecular formula is C11H12ClFN2O. The molecule has 0 radical (unpaired) electrons. The van der Waals surface area contributed by atoms with Crippen LogP contribution < -0.4 is 10.6 Å². The van der Waals surface area contributed by atoms with Crippen LogP contribution in [-0.4, -0.2) is 18.5 Å². The molecule has 0 aromatic heterocycles. The first kappa shape index (κ1) is 11.2. The fourth-order valence-electron chi connectivity index (χ4n) is 1.70. The molecule has 2 rings (SSSR count). The summed E-state index contributed by atoms with van der Waals surface area (Å²) in [6.45, 7) is 0.517. The maximum atomic E-state index is 13.5. The van der Waals surface area contributed by atoms with Crippen LogP contribution in [0.2, 0.25) is 5.02 Å². The van der Waals surface area contributed by atoms with Crippen molar-refractivity contribution in [3.63, 3.8) is 0 Å². The highest BCUT2D eigenvalue weighted by Crippen LogP contribution is 2.22. The van der Waals surface area contributed by atoms with Crippen LogP contribution in [0.15, 0.2) is 18.2 Å². The molecule has 1 aromatic carbocycles. The van der Waals surface area contributed by atoms with Gasteiger partial charge >= 0.3 is 0 Å². The topological polar surface area (TPSA) is 41.1 Å². The third kappa shape index (κ3) is 2.44. The molecule has 3 nitrogen and oxygen atoms in total. The van der Waals surface area contributed by atoms with E-state index in [1.807, 2.05) is 0 Å². The van der Waals surface area contributed by atoms with Crippen LogP contribution in [0, 0.1) is 5.82 Å². The first-order valence-corrected chi connectivity index (χ1v) is 5.52. The van der Waals surface area contributed by atoms with Gasteiger partial charge in [0.25, 0.3) is 0 Å². The second kappa shape index (κ2) is 4.70. The van der Waals surface area contributed by atoms with Crippen molar-refractivity contribution < 1.29 is 9.18 Å². The van der Waals surface area contributed by atoms with Crippen LogP contribution in [0.5, 0.6) is 0 Å². The molecule has 1 fully saturated rings. The Morgan fingerprint density at radius 1 is 1.56 bits per heavy atom. The van der Waals surface area contributed by atoms with E-state index in [1.165, 1.54) is 6.07 Å². The molecule has 1 aliphatic heterocycles. The molecule has 1 atom stereocenters. The molecule has 1 heterocycles. The van der Waals surface area contributed by atoms with E-state index in [4.69, 9.17) is 11.6 Å². The van der Waals surface area contributed by atoms with Gasteiger partial charge in [-0.25, -0.2) is 4.39 Å². The highest BCUT2D eigenvalue weighted by Gasteiger charge is 2.20. The van der Waals surface area contributed by atoms with Gasteiger partial charge in [-0.15, -0.1) is 0 Å². The minimum atomic E-state index is -0.450. The average molecular weight is 243 g/mol. The van der Waals surface area contributed by atoms with Gasteiger partial charge in [-0.05, 0) is 18.6 Å². The lowest BCUT2D eigenvalue weighted by atomic mass is 10.2. The Morgan fingerprint density at radius 3 is 3.06 bits per heavy atom. The molecule has 1 aliphatic rings. The Labute approximate surface area is 98.0 Å². The number of nitrogens with one attached hydrogen (secondary N) is 2. The predicted molar refractivity (Wildman–Crippen MR) is 61.1 cm³/mol. The number of carbonyl (C=O) groups excluding carboxylic acids is 1. The summed E-state index contributed by atoms with van der Waals surface area (Å²) in [6.07, 6.45) is 1.33. The van der Waals surface area contributed by atoms with E-state index >= 15 is 0 Å². The summed E-state index contributed by atoms with van der Waals surface area (Å²) in [5.41, 5.74) is 0.369. The monoisotopic (exact) mass is 242 g/mol. The van der Waals surface area contributed by atoms with Crippen molar-refractivity contribution in [3.05, 3.63) is 29.0 Å². The Kier molecular flexibility index (Phi) is 3.29. The summed E-state index contributed by atoms with van der Waals surface area (Å²) in [5.74, 6) is -0.396. The zero-order chi connectivity index (χ0) is 11.5. The van der Waals surface area contributed by atoms with Crippen molar-refractivity contribution in [3.8, 4) is 0 Å². The van der Waals surface area contributed by atoms with E-state index in [0.29, 0.717) is 18.7 Å². The number of rotatable bonds is 3. The van der Waals surface area contributed by atoms with Crippen molar-refractivity contribution in [2.24, 2.45) is 0 Å². The maximum absolute atomic E-state index is 13.5. The minimum Gasteiger partial charge on any atom is -0.381 e. The zero-order valence-electron chi connectivity index (χ0n) is 8.59. The van der Waals surface area contributed by atoms with Crippen molar-refractivity contribution >= 4 is 23.2 Å². The number of hydrogen-bond acceptors (Lipinski definition) is 2. The molecule has 86 valence electrons. The number of benzene rings is 1. The van der Waals surface area contributed by atoms with Crippen LogP contribution in [0.3, 0.4) is 0 Å². The van der Waals surface area contributed by atoms with Gasteiger partial charge in [-0.2, -0.15) is 0 Å². The van der Waals surface area contributed by atoms with E-state index < -0.39 is 5.82 Å². The molecule has 1 aromatic rings. The van der Waals surface area contributed by atoms with Crippen LogP contribution >= 0.6 is 11.6 Å². The molecular weight excluding hydrogens is 231 g/mol. The van der Waals surface area contributed by atoms with Crippen LogP contribution in [0.4, 0.5) is 10.1 Å². The standard InChI is InChI=1S/C11H12ClFN2O/c12-8-2-1-3-9(11(8)13)14-6-7-4-5-10(16)15-7/h1-3,7,14H,4-6H2,(H,15,16). The molecule has 2 N–H and O–H groups in total. The van der Waals surface area contributed by atoms with E-state index in [-0.39, 0.29) is 17.0 Å². The summed E-state index contributed by atoms with van der Waals surface area (Å²) in [7, 11) is 0. The summed E-state index contributed by atoms with van der Waals surface area (Å²) in [5, 5.41) is 5.84. The largest absolute Gasteiger partial charge is 0.381 e. The second-order valence-electron chi connectivity index (χ2n) is 3.79. The van der Waals surface area contributed by atoms with Gasteiger partial charge in [0.1, 0.15) is 0 Å². The third-order valence-electron chi connectivity index (χ3n) is 2.58. The predicted octanol–water partition coefficient (Wildman–Crippen LogP) is 2.17. The Bertz CT molecular complexity index is 411. The van der Waals surface area contributed by atoms with Gasteiger partial charge < -0.3 is 10.6 Å². The first-order valence-electron chi connectivity index (χ1n) is 5.14. The quantitative estimate of drug-likeness (QED) is 0.853. The summed E-state index contributed by atoms with van der Waals surface area (Å²) in [6, 6.07) is 4.88. The molecule has 0 saturated carbocycles. The SMILES string of the molecule is O=C1CCC(CNc2cccc(Cl)c2F)N1. The minimum absolute atomic E-state index is 0.0540. The highest BCUT2D eigenvalue weighted by molar-refractivity contribution is 6.31. The molecule has 1 amide bonds. The Hall–Kier alpha value is -1.29. The molecule has 0 bridgehead atoms. The summed E-state index contributed by atoms with van der Waals surface area (Å²) >= 11 is 5.65. The maximum Gasteiger partial charge on any atom is 0.220 e. The summed E-state index contributed by atoms with van der Waals surface area (Å²) in [4.78, 5) is 11.0. The zero-order valence-corrected chi connectivity index (χ0v) is 9.35. The molecule has 0 spiro atoms. The summed E-state index contributed by atoms with van der Waals surface area (Å²) < 4.78 is 13.5. The van der Waals surface area contributed by atoms with Gasteiger partial charge in [0.2, 0.25) is 5.91 Å². The Balaban J connectivity index is 1.94. The van der Waals surface area contributed by atoms with E-state index in [9.17, 15) is 9.18 Å². The van der Waals surface area contributed by atoms with Crippen molar-refractivity contribution in [1.82, 2.24) is 5.32 Å². The van der Waals surface area contributed by atoms with Gasteiger partial charge in [0.05, 0.1) is 10.7 Å². The van der Waals surface area contributed by atoms with E-state index in [1.54, 1.807) is 12.1 Å². The van der Waals surface area contributed by atoms with Crippen LogP contribution in [0.25, 0.3) is 0 Å². The van der Waals surface area contributed by atoms with Crippen LogP contribution in [0.1, 0.15) is 12.8 Å². The van der Waals surface area contributed by atoms with Crippen molar-refractivity contribution in [2.45, 2.75) is 18.9 Å². The van der Waals surface area contributed by atoms with E-state index in [0.717, 1.165) is 6.42 Å². The number of anilines is 1. The number of hydrogen-bond donors (Lipinski definition) is 2. The van der Waals surface area contributed by atoms with Gasteiger partial charge in [-0.1, -0.05) is 17.7 Å². The van der Waals surface area contributed by atoms with Gasteiger partial charge in [-0.3, -0.25) is 4.79 Å². The molecule has 5 heteroatoms. The van der Waals surface area contributed by atoms with E-state index in [2.05, 4.69) is 10.6 Å². The first-order chi connectivity index (χ1) is 7.66. The lowest BCUT2D eigenvalue weighted by Crippen LogP contribution is -2.31. The number of amides is 1. The van der Waals surface area contributed by atoms with Crippen molar-refractivity contribution in [1.29, 1.82) is 0 Å². The molecule has 0 aliphatic carbocycles. The number of halogens is 2. The second-order valence-corrected chi connectivity index (χ2v) is 4.19. The fraction of sp³-hybridized carbons (Fsp3) is 0.364. The van der Waals surface area contributed by atoms with Crippen LogP contribution in [-0.2, 0) is 4.79 Å². The average Bonchev–Trinajstić information content (AvgIpc) is 2.67. The molecule has 1 saturated heterocycles.